The van der Waals surface area contributed by atoms with Crippen LogP contribution in [0.3, 0.4) is 0 Å². The molecule has 1 aliphatic heterocycles. The van der Waals surface area contributed by atoms with Crippen molar-refractivity contribution >= 4 is 26.3 Å². The van der Waals surface area contributed by atoms with Crippen molar-refractivity contribution in [2.45, 2.75) is 18.7 Å². The van der Waals surface area contributed by atoms with Crippen LogP contribution in [0.4, 0.5) is 5.69 Å². The SMILES string of the molecule is CCS(=N)(=O)c1ccc(N2CC(C)(C#N)C2)c(-c2cc3ccccc3[nH]2)c1. The highest BCUT2D eigenvalue weighted by Crippen LogP contribution is 2.40. The van der Waals surface area contributed by atoms with Gasteiger partial charge < -0.3 is 9.88 Å². The summed E-state index contributed by atoms with van der Waals surface area (Å²) in [6, 6.07) is 18.1. The van der Waals surface area contributed by atoms with Gasteiger partial charge in [0.25, 0.3) is 0 Å². The monoisotopic (exact) mass is 378 g/mol. The van der Waals surface area contributed by atoms with E-state index in [2.05, 4.69) is 28.1 Å². The highest BCUT2D eigenvalue weighted by molar-refractivity contribution is 7.92. The molecule has 0 amide bonds. The van der Waals surface area contributed by atoms with Gasteiger partial charge >= 0.3 is 0 Å². The van der Waals surface area contributed by atoms with Gasteiger partial charge in [0, 0.05) is 51.6 Å². The lowest BCUT2D eigenvalue weighted by atomic mass is 9.83. The molecule has 1 unspecified atom stereocenters. The third-order valence-electron chi connectivity index (χ3n) is 5.27. The molecule has 6 heteroatoms. The molecule has 1 saturated heterocycles. The molecule has 1 aromatic heterocycles. The van der Waals surface area contributed by atoms with Gasteiger partial charge in [0.15, 0.2) is 0 Å². The lowest BCUT2D eigenvalue weighted by molar-refractivity contribution is 0.337. The van der Waals surface area contributed by atoms with Crippen molar-refractivity contribution < 1.29 is 4.21 Å². The van der Waals surface area contributed by atoms with E-state index < -0.39 is 9.73 Å². The molecule has 0 spiro atoms. The Bertz CT molecular complexity index is 1130. The van der Waals surface area contributed by atoms with E-state index in [0.717, 1.165) is 27.8 Å². The lowest BCUT2D eigenvalue weighted by Gasteiger charge is -2.45. The van der Waals surface area contributed by atoms with Crippen molar-refractivity contribution in [1.29, 1.82) is 10.0 Å². The molecular weight excluding hydrogens is 356 g/mol. The van der Waals surface area contributed by atoms with Crippen LogP contribution in [0.15, 0.2) is 53.4 Å². The normalized spacial score (nSPS) is 17.9. The predicted octanol–water partition coefficient (Wildman–Crippen LogP) is 4.61. The van der Waals surface area contributed by atoms with Crippen LogP contribution in [0.5, 0.6) is 0 Å². The Morgan fingerprint density at radius 3 is 2.67 bits per heavy atom. The molecule has 2 heterocycles. The van der Waals surface area contributed by atoms with Gasteiger partial charge in [0.05, 0.1) is 21.2 Å². The molecule has 5 nitrogen and oxygen atoms in total. The molecule has 1 atom stereocenters. The van der Waals surface area contributed by atoms with Crippen molar-refractivity contribution in [2.75, 3.05) is 23.7 Å². The second kappa shape index (κ2) is 6.14. The van der Waals surface area contributed by atoms with Gasteiger partial charge in [-0.1, -0.05) is 25.1 Å². The van der Waals surface area contributed by atoms with E-state index in [1.54, 1.807) is 13.0 Å². The number of anilines is 1. The molecule has 2 aromatic carbocycles. The zero-order chi connectivity index (χ0) is 19.2. The molecule has 0 bridgehead atoms. The molecule has 27 heavy (non-hydrogen) atoms. The Hall–Kier alpha value is -2.78. The number of aromatic nitrogens is 1. The second-order valence-electron chi connectivity index (χ2n) is 7.44. The number of rotatable bonds is 4. The smallest absolute Gasteiger partial charge is 0.0894 e. The van der Waals surface area contributed by atoms with E-state index in [1.807, 2.05) is 37.3 Å². The first-order chi connectivity index (χ1) is 12.8. The second-order valence-corrected chi connectivity index (χ2v) is 9.84. The molecule has 4 rings (SSSR count). The fraction of sp³-hybridized carbons (Fsp3) is 0.286. The average Bonchev–Trinajstić information content (AvgIpc) is 3.09. The van der Waals surface area contributed by atoms with Crippen molar-refractivity contribution in [1.82, 2.24) is 4.98 Å². The standard InChI is InChI=1S/C21H22N4OS/c1-3-27(23,26)16-8-9-20(25-13-21(2,12-22)14-25)17(11-16)19-10-15-6-4-5-7-18(15)24-19/h4-11,23-24H,3,13-14H2,1-2H3. The minimum Gasteiger partial charge on any atom is -0.368 e. The Labute approximate surface area is 159 Å². The number of aromatic amines is 1. The van der Waals surface area contributed by atoms with Gasteiger partial charge in [-0.2, -0.15) is 5.26 Å². The largest absolute Gasteiger partial charge is 0.368 e. The van der Waals surface area contributed by atoms with Crippen LogP contribution in [-0.2, 0) is 9.73 Å². The predicted molar refractivity (Wildman–Crippen MR) is 109 cm³/mol. The summed E-state index contributed by atoms with van der Waals surface area (Å²) in [5.74, 6) is 0.286. The van der Waals surface area contributed by atoms with Crippen molar-refractivity contribution in [3.63, 3.8) is 0 Å². The van der Waals surface area contributed by atoms with E-state index in [4.69, 9.17) is 4.78 Å². The molecule has 0 saturated carbocycles. The Morgan fingerprint density at radius 2 is 2.00 bits per heavy atom. The summed E-state index contributed by atoms with van der Waals surface area (Å²) < 4.78 is 20.8. The molecule has 0 aliphatic carbocycles. The average molecular weight is 379 g/mol. The summed E-state index contributed by atoms with van der Waals surface area (Å²) in [6.45, 7) is 5.08. The number of hydrogen-bond donors (Lipinski definition) is 2. The minimum absolute atomic E-state index is 0.286. The topological polar surface area (TPSA) is 83.7 Å². The number of para-hydroxylation sites is 1. The van der Waals surface area contributed by atoms with Gasteiger partial charge in [0.1, 0.15) is 0 Å². The van der Waals surface area contributed by atoms with Gasteiger partial charge in [-0.3, -0.25) is 0 Å². The molecule has 138 valence electrons. The van der Waals surface area contributed by atoms with Gasteiger partial charge in [-0.25, -0.2) is 8.99 Å². The summed E-state index contributed by atoms with van der Waals surface area (Å²) in [5, 5.41) is 10.4. The van der Waals surface area contributed by atoms with Crippen LogP contribution in [0.1, 0.15) is 13.8 Å². The summed E-state index contributed by atoms with van der Waals surface area (Å²) in [7, 11) is -2.80. The minimum atomic E-state index is -2.80. The van der Waals surface area contributed by atoms with E-state index in [9.17, 15) is 9.47 Å². The number of H-pyrrole nitrogens is 1. The molecular formula is C21H22N4OS. The quantitative estimate of drug-likeness (QED) is 0.695. The van der Waals surface area contributed by atoms with E-state index in [0.29, 0.717) is 18.0 Å². The summed E-state index contributed by atoms with van der Waals surface area (Å²) >= 11 is 0. The van der Waals surface area contributed by atoms with E-state index in [1.165, 1.54) is 0 Å². The van der Waals surface area contributed by atoms with Crippen LogP contribution in [-0.4, -0.2) is 28.0 Å². The highest BCUT2D eigenvalue weighted by atomic mass is 32.2. The van der Waals surface area contributed by atoms with Crippen molar-refractivity contribution in [3.05, 3.63) is 48.5 Å². The maximum Gasteiger partial charge on any atom is 0.0894 e. The van der Waals surface area contributed by atoms with E-state index >= 15 is 0 Å². The zero-order valence-electron chi connectivity index (χ0n) is 15.5. The number of nitrogens with one attached hydrogen (secondary N) is 2. The third kappa shape index (κ3) is 2.98. The van der Waals surface area contributed by atoms with Crippen molar-refractivity contribution in [3.8, 4) is 17.3 Å². The number of hydrogen-bond acceptors (Lipinski definition) is 4. The fourth-order valence-electron chi connectivity index (χ4n) is 3.63. The Balaban J connectivity index is 1.86. The number of nitrogens with zero attached hydrogens (tertiary/aromatic N) is 2. The van der Waals surface area contributed by atoms with Gasteiger partial charge in [-0.05, 0) is 37.3 Å². The Kier molecular flexibility index (Phi) is 4.01. The first-order valence-electron chi connectivity index (χ1n) is 9.00. The van der Waals surface area contributed by atoms with Gasteiger partial charge in [-0.15, -0.1) is 0 Å². The van der Waals surface area contributed by atoms with Crippen LogP contribution >= 0.6 is 0 Å². The highest BCUT2D eigenvalue weighted by Gasteiger charge is 2.40. The first kappa shape index (κ1) is 17.6. The van der Waals surface area contributed by atoms with Crippen LogP contribution < -0.4 is 4.90 Å². The molecule has 1 fully saturated rings. The van der Waals surface area contributed by atoms with Crippen LogP contribution in [0.2, 0.25) is 0 Å². The Morgan fingerprint density at radius 1 is 1.26 bits per heavy atom. The van der Waals surface area contributed by atoms with Gasteiger partial charge in [0.2, 0.25) is 0 Å². The zero-order valence-corrected chi connectivity index (χ0v) is 16.3. The number of fused-ring (bicyclic) bond motifs is 1. The van der Waals surface area contributed by atoms with Crippen LogP contribution in [0, 0.1) is 21.5 Å². The number of benzene rings is 2. The summed E-state index contributed by atoms with van der Waals surface area (Å²) in [6.07, 6.45) is 0. The molecule has 2 N–H and O–H groups in total. The first-order valence-corrected chi connectivity index (χ1v) is 10.7. The number of nitriles is 1. The maximum atomic E-state index is 12.6. The molecule has 0 radical (unpaired) electrons. The lowest BCUT2D eigenvalue weighted by Crippen LogP contribution is -2.54. The third-order valence-corrected chi connectivity index (χ3v) is 7.09. The van der Waals surface area contributed by atoms with Crippen LogP contribution in [0.25, 0.3) is 22.2 Å². The fourth-order valence-corrected chi connectivity index (χ4v) is 4.56. The summed E-state index contributed by atoms with van der Waals surface area (Å²) in [4.78, 5) is 6.16. The van der Waals surface area contributed by atoms with Crippen molar-refractivity contribution in [2.24, 2.45) is 5.41 Å². The maximum absolute atomic E-state index is 12.6. The van der Waals surface area contributed by atoms with E-state index in [-0.39, 0.29) is 11.2 Å². The molecule has 3 aromatic rings. The molecule has 1 aliphatic rings. The summed E-state index contributed by atoms with van der Waals surface area (Å²) in [5.41, 5.74) is 3.57.